The first-order chi connectivity index (χ1) is 6.79. The molecule has 0 aromatic heterocycles. The number of hydrogen-bond acceptors (Lipinski definition) is 2. The summed E-state index contributed by atoms with van der Waals surface area (Å²) in [6.45, 7) is 6.91. The van der Waals surface area contributed by atoms with Crippen molar-refractivity contribution in [2.24, 2.45) is 5.92 Å². The molecule has 0 amide bonds. The lowest BCUT2D eigenvalue weighted by Crippen LogP contribution is -2.21. The predicted molar refractivity (Wildman–Crippen MR) is 67.0 cm³/mol. The highest BCUT2D eigenvalue weighted by molar-refractivity contribution is 7.99. The second kappa shape index (κ2) is 7.58. The Bertz CT molecular complexity index is 130. The van der Waals surface area contributed by atoms with E-state index in [9.17, 15) is 0 Å². The number of rotatable bonds is 7. The highest BCUT2D eigenvalue weighted by atomic mass is 32.2. The van der Waals surface area contributed by atoms with Gasteiger partial charge in [-0.3, -0.25) is 0 Å². The molecule has 0 atom stereocenters. The molecule has 0 aromatic rings. The van der Waals surface area contributed by atoms with Crippen molar-refractivity contribution in [1.82, 2.24) is 5.32 Å². The highest BCUT2D eigenvalue weighted by Gasteiger charge is 2.14. The van der Waals surface area contributed by atoms with Crippen molar-refractivity contribution in [3.05, 3.63) is 0 Å². The zero-order chi connectivity index (χ0) is 10.2. The SMILES string of the molecule is CC(C)CNCCCSC1CCCC1. The van der Waals surface area contributed by atoms with Gasteiger partial charge in [-0.1, -0.05) is 26.7 Å². The molecule has 0 unspecified atom stereocenters. The van der Waals surface area contributed by atoms with Crippen LogP contribution in [0.15, 0.2) is 0 Å². The van der Waals surface area contributed by atoms with Crippen molar-refractivity contribution in [3.63, 3.8) is 0 Å². The molecule has 0 aromatic carbocycles. The summed E-state index contributed by atoms with van der Waals surface area (Å²) < 4.78 is 0. The summed E-state index contributed by atoms with van der Waals surface area (Å²) in [4.78, 5) is 0. The third kappa shape index (κ3) is 5.92. The lowest BCUT2D eigenvalue weighted by Gasteiger charge is -2.09. The Kier molecular flexibility index (Phi) is 6.70. The maximum Gasteiger partial charge on any atom is 0.00470 e. The van der Waals surface area contributed by atoms with Gasteiger partial charge in [-0.15, -0.1) is 0 Å². The third-order valence-electron chi connectivity index (χ3n) is 2.71. The topological polar surface area (TPSA) is 12.0 Å². The van der Waals surface area contributed by atoms with Crippen molar-refractivity contribution in [3.8, 4) is 0 Å². The number of hydrogen-bond donors (Lipinski definition) is 1. The summed E-state index contributed by atoms with van der Waals surface area (Å²) in [5.74, 6) is 2.15. The van der Waals surface area contributed by atoms with Gasteiger partial charge in [0.15, 0.2) is 0 Å². The Morgan fingerprint density at radius 1 is 1.29 bits per heavy atom. The summed E-state index contributed by atoms with van der Waals surface area (Å²) in [5.41, 5.74) is 0. The maximum absolute atomic E-state index is 3.50. The first-order valence-electron chi connectivity index (χ1n) is 6.11. The van der Waals surface area contributed by atoms with Crippen LogP contribution in [0.3, 0.4) is 0 Å². The minimum atomic E-state index is 0.789. The number of nitrogens with one attached hydrogen (secondary N) is 1. The zero-order valence-corrected chi connectivity index (χ0v) is 10.5. The second-order valence-electron chi connectivity index (χ2n) is 4.73. The van der Waals surface area contributed by atoms with Crippen LogP contribution in [0, 0.1) is 5.92 Å². The Hall–Kier alpha value is 0.310. The maximum atomic E-state index is 3.50. The Labute approximate surface area is 93.4 Å². The molecule has 0 radical (unpaired) electrons. The molecule has 0 saturated heterocycles. The summed E-state index contributed by atoms with van der Waals surface area (Å²) in [6, 6.07) is 0. The molecule has 1 aliphatic rings. The molecule has 1 rings (SSSR count). The third-order valence-corrected chi connectivity index (χ3v) is 4.17. The van der Waals surface area contributed by atoms with Crippen molar-refractivity contribution in [2.75, 3.05) is 18.8 Å². The molecule has 1 fully saturated rings. The van der Waals surface area contributed by atoms with Gasteiger partial charge in [0.2, 0.25) is 0 Å². The van der Waals surface area contributed by atoms with E-state index in [0.29, 0.717) is 0 Å². The molecule has 1 N–H and O–H groups in total. The molecule has 14 heavy (non-hydrogen) atoms. The Morgan fingerprint density at radius 2 is 2.00 bits per heavy atom. The average Bonchev–Trinajstić information content (AvgIpc) is 2.63. The fraction of sp³-hybridized carbons (Fsp3) is 1.00. The quantitative estimate of drug-likeness (QED) is 0.654. The molecule has 84 valence electrons. The van der Waals surface area contributed by atoms with Crippen LogP contribution in [0.4, 0.5) is 0 Å². The largest absolute Gasteiger partial charge is 0.316 e. The van der Waals surface area contributed by atoms with Crippen LogP contribution in [-0.4, -0.2) is 24.1 Å². The van der Waals surface area contributed by atoms with Crippen molar-refractivity contribution in [1.29, 1.82) is 0 Å². The minimum Gasteiger partial charge on any atom is -0.316 e. The Balaban J connectivity index is 1.79. The van der Waals surface area contributed by atoms with E-state index < -0.39 is 0 Å². The number of thioether (sulfide) groups is 1. The van der Waals surface area contributed by atoms with Gasteiger partial charge in [-0.05, 0) is 44.0 Å². The van der Waals surface area contributed by atoms with Crippen LogP contribution in [0.5, 0.6) is 0 Å². The molecule has 2 heteroatoms. The van der Waals surface area contributed by atoms with Gasteiger partial charge in [0.25, 0.3) is 0 Å². The predicted octanol–water partition coefficient (Wildman–Crippen LogP) is 3.30. The molecular formula is C12H25NS. The second-order valence-corrected chi connectivity index (χ2v) is 6.14. The average molecular weight is 215 g/mol. The standard InChI is InChI=1S/C12H25NS/c1-11(2)10-13-8-5-9-14-12-6-3-4-7-12/h11-13H,3-10H2,1-2H3. The van der Waals surface area contributed by atoms with Gasteiger partial charge in [-0.2, -0.15) is 11.8 Å². The van der Waals surface area contributed by atoms with E-state index in [2.05, 4.69) is 30.9 Å². The lowest BCUT2D eigenvalue weighted by atomic mass is 10.2. The summed E-state index contributed by atoms with van der Waals surface area (Å²) in [5, 5.41) is 4.50. The van der Waals surface area contributed by atoms with E-state index in [1.807, 2.05) is 0 Å². The van der Waals surface area contributed by atoms with Crippen LogP contribution in [0.1, 0.15) is 46.0 Å². The smallest absolute Gasteiger partial charge is 0.00470 e. The van der Waals surface area contributed by atoms with E-state index in [-0.39, 0.29) is 0 Å². The van der Waals surface area contributed by atoms with Crippen LogP contribution >= 0.6 is 11.8 Å². The van der Waals surface area contributed by atoms with Crippen LogP contribution in [-0.2, 0) is 0 Å². The van der Waals surface area contributed by atoms with E-state index in [1.54, 1.807) is 0 Å². The van der Waals surface area contributed by atoms with Gasteiger partial charge < -0.3 is 5.32 Å². The summed E-state index contributed by atoms with van der Waals surface area (Å²) in [7, 11) is 0. The monoisotopic (exact) mass is 215 g/mol. The molecule has 0 aliphatic heterocycles. The summed E-state index contributed by atoms with van der Waals surface area (Å²) >= 11 is 2.20. The molecule has 0 heterocycles. The fourth-order valence-electron chi connectivity index (χ4n) is 1.89. The van der Waals surface area contributed by atoms with E-state index in [0.717, 1.165) is 11.2 Å². The van der Waals surface area contributed by atoms with E-state index >= 15 is 0 Å². The van der Waals surface area contributed by atoms with Crippen molar-refractivity contribution >= 4 is 11.8 Å². The van der Waals surface area contributed by atoms with Gasteiger partial charge in [0.05, 0.1) is 0 Å². The molecule has 1 aliphatic carbocycles. The fourth-order valence-corrected chi connectivity index (χ4v) is 3.20. The van der Waals surface area contributed by atoms with E-state index in [4.69, 9.17) is 0 Å². The summed E-state index contributed by atoms with van der Waals surface area (Å²) in [6.07, 6.45) is 7.24. The Morgan fingerprint density at radius 3 is 2.64 bits per heavy atom. The molecular weight excluding hydrogens is 190 g/mol. The zero-order valence-electron chi connectivity index (χ0n) is 9.72. The van der Waals surface area contributed by atoms with Gasteiger partial charge in [0, 0.05) is 5.25 Å². The van der Waals surface area contributed by atoms with Crippen LogP contribution < -0.4 is 5.32 Å². The van der Waals surface area contributed by atoms with Gasteiger partial charge in [-0.25, -0.2) is 0 Å². The van der Waals surface area contributed by atoms with Crippen molar-refractivity contribution < 1.29 is 0 Å². The molecule has 1 saturated carbocycles. The molecule has 0 bridgehead atoms. The van der Waals surface area contributed by atoms with E-state index in [1.165, 1.54) is 50.9 Å². The molecule has 0 spiro atoms. The van der Waals surface area contributed by atoms with Crippen molar-refractivity contribution in [2.45, 2.75) is 51.2 Å². The normalized spacial score (nSPS) is 18.2. The lowest BCUT2D eigenvalue weighted by molar-refractivity contribution is 0.551. The highest BCUT2D eigenvalue weighted by Crippen LogP contribution is 2.29. The van der Waals surface area contributed by atoms with Crippen LogP contribution in [0.25, 0.3) is 0 Å². The van der Waals surface area contributed by atoms with Gasteiger partial charge >= 0.3 is 0 Å². The minimum absolute atomic E-state index is 0.789. The van der Waals surface area contributed by atoms with Gasteiger partial charge in [0.1, 0.15) is 0 Å². The first-order valence-corrected chi connectivity index (χ1v) is 7.16. The molecule has 1 nitrogen and oxygen atoms in total. The van der Waals surface area contributed by atoms with Crippen LogP contribution in [0.2, 0.25) is 0 Å². The first kappa shape index (κ1) is 12.4.